The van der Waals surface area contributed by atoms with E-state index in [2.05, 4.69) is 19.2 Å². The number of hydrogen-bond donors (Lipinski definition) is 1. The molecule has 0 aromatic heterocycles. The van der Waals surface area contributed by atoms with Gasteiger partial charge in [0.05, 0.1) is 0 Å². The van der Waals surface area contributed by atoms with Crippen molar-refractivity contribution < 1.29 is 4.79 Å². The molecule has 2 aliphatic rings. The van der Waals surface area contributed by atoms with Gasteiger partial charge in [-0.2, -0.15) is 0 Å². The zero-order chi connectivity index (χ0) is 11.7. The fraction of sp³-hybridized carbons (Fsp3) is 0.923. The normalized spacial score (nSPS) is 30.9. The molecule has 1 amide bonds. The van der Waals surface area contributed by atoms with Gasteiger partial charge in [0.2, 0.25) is 5.91 Å². The fourth-order valence-corrected chi connectivity index (χ4v) is 2.58. The molecule has 2 unspecified atom stereocenters. The third kappa shape index (κ3) is 2.97. The number of likely N-dealkylation sites (tertiary alicyclic amines) is 1. The second kappa shape index (κ2) is 4.74. The minimum atomic E-state index is 0.230. The minimum Gasteiger partial charge on any atom is -0.341 e. The maximum Gasteiger partial charge on any atom is 0.219 e. The molecule has 3 heteroatoms. The van der Waals surface area contributed by atoms with Crippen molar-refractivity contribution >= 4 is 5.91 Å². The average Bonchev–Trinajstić information content (AvgIpc) is 3.01. The number of rotatable bonds is 3. The van der Waals surface area contributed by atoms with E-state index in [1.165, 1.54) is 19.3 Å². The number of nitrogens with one attached hydrogen (secondary N) is 1. The van der Waals surface area contributed by atoms with E-state index in [-0.39, 0.29) is 5.91 Å². The lowest BCUT2D eigenvalue weighted by Gasteiger charge is -2.39. The van der Waals surface area contributed by atoms with Crippen LogP contribution >= 0.6 is 0 Å². The zero-order valence-electron chi connectivity index (χ0n) is 10.7. The van der Waals surface area contributed by atoms with Gasteiger partial charge in [-0.3, -0.25) is 4.79 Å². The summed E-state index contributed by atoms with van der Waals surface area (Å²) in [5.41, 5.74) is 0. The highest BCUT2D eigenvalue weighted by Crippen LogP contribution is 2.27. The van der Waals surface area contributed by atoms with Crippen molar-refractivity contribution in [3.05, 3.63) is 0 Å². The van der Waals surface area contributed by atoms with Crippen LogP contribution < -0.4 is 5.32 Å². The first-order valence-electron chi connectivity index (χ1n) is 6.58. The lowest BCUT2D eigenvalue weighted by Crippen LogP contribution is -2.52. The molecule has 0 aromatic carbocycles. The monoisotopic (exact) mass is 224 g/mol. The first-order valence-corrected chi connectivity index (χ1v) is 6.58. The van der Waals surface area contributed by atoms with Gasteiger partial charge in [-0.05, 0) is 31.1 Å². The van der Waals surface area contributed by atoms with Crippen LogP contribution in [0, 0.1) is 11.8 Å². The molecule has 0 bridgehead atoms. The molecule has 92 valence electrons. The molecule has 1 heterocycles. The SMILES string of the molecule is CC(=O)N1CC(NC2CC2)CC(C(C)C)C1. The average molecular weight is 224 g/mol. The van der Waals surface area contributed by atoms with Gasteiger partial charge in [0.25, 0.3) is 0 Å². The van der Waals surface area contributed by atoms with Crippen molar-refractivity contribution in [2.24, 2.45) is 11.8 Å². The third-order valence-corrected chi connectivity index (χ3v) is 3.92. The van der Waals surface area contributed by atoms with Crippen LogP contribution in [0.25, 0.3) is 0 Å². The summed E-state index contributed by atoms with van der Waals surface area (Å²) in [6, 6.07) is 1.27. The lowest BCUT2D eigenvalue weighted by atomic mass is 9.85. The molecule has 16 heavy (non-hydrogen) atoms. The highest BCUT2D eigenvalue weighted by atomic mass is 16.2. The van der Waals surface area contributed by atoms with Crippen LogP contribution in [0.15, 0.2) is 0 Å². The molecule has 3 nitrogen and oxygen atoms in total. The summed E-state index contributed by atoms with van der Waals surface area (Å²) < 4.78 is 0. The third-order valence-electron chi connectivity index (χ3n) is 3.92. The standard InChI is InChI=1S/C13H24N2O/c1-9(2)11-6-13(14-12-4-5-12)8-15(7-11)10(3)16/h9,11-14H,4-8H2,1-3H3. The summed E-state index contributed by atoms with van der Waals surface area (Å²) in [5, 5.41) is 3.67. The molecule has 0 aromatic rings. The quantitative estimate of drug-likeness (QED) is 0.790. The van der Waals surface area contributed by atoms with Gasteiger partial charge in [-0.25, -0.2) is 0 Å². The Morgan fingerprint density at radius 3 is 2.44 bits per heavy atom. The molecule has 2 rings (SSSR count). The Labute approximate surface area is 98.6 Å². The topological polar surface area (TPSA) is 32.3 Å². The van der Waals surface area contributed by atoms with Crippen LogP contribution in [0.3, 0.4) is 0 Å². The van der Waals surface area contributed by atoms with Crippen molar-refractivity contribution in [1.82, 2.24) is 10.2 Å². The van der Waals surface area contributed by atoms with Gasteiger partial charge >= 0.3 is 0 Å². The highest BCUT2D eigenvalue weighted by molar-refractivity contribution is 5.73. The van der Waals surface area contributed by atoms with Crippen LogP contribution in [0.2, 0.25) is 0 Å². The predicted octanol–water partition coefficient (Wildman–Crippen LogP) is 1.63. The fourth-order valence-electron chi connectivity index (χ4n) is 2.58. The van der Waals surface area contributed by atoms with Gasteiger partial charge in [-0.15, -0.1) is 0 Å². The number of piperidine rings is 1. The van der Waals surface area contributed by atoms with Gasteiger partial charge < -0.3 is 10.2 Å². The predicted molar refractivity (Wildman–Crippen MR) is 65.1 cm³/mol. The Bertz CT molecular complexity index is 261. The van der Waals surface area contributed by atoms with E-state index in [0.29, 0.717) is 17.9 Å². The number of amides is 1. The Hall–Kier alpha value is -0.570. The molecule has 1 aliphatic carbocycles. The van der Waals surface area contributed by atoms with Crippen LogP contribution in [0.4, 0.5) is 0 Å². The van der Waals surface area contributed by atoms with Gasteiger partial charge in [0.15, 0.2) is 0 Å². The largest absolute Gasteiger partial charge is 0.341 e. The van der Waals surface area contributed by atoms with Crippen molar-refractivity contribution in [2.75, 3.05) is 13.1 Å². The number of carbonyl (C=O) groups excluding carboxylic acids is 1. The van der Waals surface area contributed by atoms with Gasteiger partial charge in [0, 0.05) is 32.1 Å². The Kier molecular flexibility index (Phi) is 3.53. The summed E-state index contributed by atoms with van der Waals surface area (Å²) in [7, 11) is 0. The van der Waals surface area contributed by atoms with Crippen molar-refractivity contribution in [2.45, 2.75) is 52.1 Å². The molecule has 2 atom stereocenters. The summed E-state index contributed by atoms with van der Waals surface area (Å²) in [6.45, 7) is 8.09. The molecule has 1 aliphatic heterocycles. The molecule has 0 spiro atoms. The molecule has 2 fully saturated rings. The van der Waals surface area contributed by atoms with Gasteiger partial charge in [0.1, 0.15) is 0 Å². The van der Waals surface area contributed by atoms with E-state index < -0.39 is 0 Å². The maximum absolute atomic E-state index is 11.5. The Morgan fingerprint density at radius 1 is 1.25 bits per heavy atom. The molecular weight excluding hydrogens is 200 g/mol. The smallest absolute Gasteiger partial charge is 0.219 e. The summed E-state index contributed by atoms with van der Waals surface area (Å²) >= 11 is 0. The second-order valence-electron chi connectivity index (χ2n) is 5.80. The van der Waals surface area contributed by atoms with E-state index in [9.17, 15) is 4.79 Å². The summed E-state index contributed by atoms with van der Waals surface area (Å²) in [5.74, 6) is 1.56. The molecule has 0 radical (unpaired) electrons. The molecule has 1 saturated heterocycles. The number of nitrogens with zero attached hydrogens (tertiary/aromatic N) is 1. The Morgan fingerprint density at radius 2 is 1.94 bits per heavy atom. The van der Waals surface area contributed by atoms with Crippen molar-refractivity contribution in [3.63, 3.8) is 0 Å². The summed E-state index contributed by atoms with van der Waals surface area (Å²) in [4.78, 5) is 13.5. The number of carbonyl (C=O) groups is 1. The van der Waals surface area contributed by atoms with E-state index in [1.54, 1.807) is 6.92 Å². The Balaban J connectivity index is 1.94. The van der Waals surface area contributed by atoms with E-state index in [1.807, 2.05) is 4.90 Å². The molecule has 1 saturated carbocycles. The molecular formula is C13H24N2O. The highest BCUT2D eigenvalue weighted by Gasteiger charge is 2.33. The number of hydrogen-bond acceptors (Lipinski definition) is 2. The van der Waals surface area contributed by atoms with E-state index in [0.717, 1.165) is 19.1 Å². The van der Waals surface area contributed by atoms with Crippen LogP contribution in [-0.2, 0) is 4.79 Å². The first-order chi connectivity index (χ1) is 7.56. The van der Waals surface area contributed by atoms with Crippen LogP contribution in [0.5, 0.6) is 0 Å². The maximum atomic E-state index is 11.5. The van der Waals surface area contributed by atoms with E-state index in [4.69, 9.17) is 0 Å². The van der Waals surface area contributed by atoms with Crippen LogP contribution in [-0.4, -0.2) is 36.0 Å². The van der Waals surface area contributed by atoms with Crippen molar-refractivity contribution in [3.8, 4) is 0 Å². The minimum absolute atomic E-state index is 0.230. The summed E-state index contributed by atoms with van der Waals surface area (Å²) in [6.07, 6.45) is 3.88. The van der Waals surface area contributed by atoms with E-state index >= 15 is 0 Å². The van der Waals surface area contributed by atoms with Crippen LogP contribution in [0.1, 0.15) is 40.0 Å². The molecule has 1 N–H and O–H groups in total. The lowest BCUT2D eigenvalue weighted by molar-refractivity contribution is -0.131. The van der Waals surface area contributed by atoms with Crippen molar-refractivity contribution in [1.29, 1.82) is 0 Å². The van der Waals surface area contributed by atoms with Gasteiger partial charge in [-0.1, -0.05) is 13.8 Å². The first kappa shape index (κ1) is 11.9. The second-order valence-corrected chi connectivity index (χ2v) is 5.80. The zero-order valence-corrected chi connectivity index (χ0v) is 10.7.